The summed E-state index contributed by atoms with van der Waals surface area (Å²) in [5.74, 6) is -0.613. The first kappa shape index (κ1) is 23.2. The molecule has 3 aromatic carbocycles. The van der Waals surface area contributed by atoms with Gasteiger partial charge in [-0.15, -0.1) is 0 Å². The van der Waals surface area contributed by atoms with Gasteiger partial charge in [0.15, 0.2) is 5.78 Å². The third-order valence-electron chi connectivity index (χ3n) is 5.17. The van der Waals surface area contributed by atoms with E-state index in [1.54, 1.807) is 54.6 Å². The molecule has 0 heterocycles. The van der Waals surface area contributed by atoms with Crippen molar-refractivity contribution in [2.24, 2.45) is 0 Å². The van der Waals surface area contributed by atoms with Crippen molar-refractivity contribution < 1.29 is 23.8 Å². The number of ketones is 1. The van der Waals surface area contributed by atoms with Gasteiger partial charge in [-0.3, -0.25) is 9.69 Å². The molecule has 0 amide bonds. The number of halogens is 1. The van der Waals surface area contributed by atoms with Gasteiger partial charge in [0, 0.05) is 24.1 Å². The molecular weight excluding hydrogens is 409 g/mol. The molecule has 0 aliphatic rings. The Morgan fingerprint density at radius 2 is 1.59 bits per heavy atom. The van der Waals surface area contributed by atoms with Crippen LogP contribution < -0.4 is 4.74 Å². The van der Waals surface area contributed by atoms with Crippen LogP contribution in [0.25, 0.3) is 0 Å². The second-order valence-electron chi connectivity index (χ2n) is 7.51. The maximum Gasteiger partial charge on any atom is 0.336 e. The molecule has 6 heteroatoms. The summed E-state index contributed by atoms with van der Waals surface area (Å²) in [7, 11) is 0. The summed E-state index contributed by atoms with van der Waals surface area (Å²) in [6, 6.07) is 20.5. The van der Waals surface area contributed by atoms with Crippen LogP contribution in [0.3, 0.4) is 0 Å². The van der Waals surface area contributed by atoms with Gasteiger partial charge in [0.05, 0.1) is 12.1 Å². The van der Waals surface area contributed by atoms with E-state index in [4.69, 9.17) is 4.74 Å². The Morgan fingerprint density at radius 1 is 0.938 bits per heavy atom. The number of carboxylic acids is 1. The average molecular weight is 435 g/mol. The number of rotatable bonds is 11. The molecule has 0 radical (unpaired) electrons. The van der Waals surface area contributed by atoms with Crippen molar-refractivity contribution in [2.75, 3.05) is 13.1 Å². The molecule has 166 valence electrons. The third kappa shape index (κ3) is 6.49. The van der Waals surface area contributed by atoms with E-state index in [2.05, 4.69) is 0 Å². The van der Waals surface area contributed by atoms with Crippen LogP contribution >= 0.6 is 0 Å². The molecule has 0 aliphatic heterocycles. The predicted molar refractivity (Wildman–Crippen MR) is 120 cm³/mol. The fourth-order valence-electron chi connectivity index (χ4n) is 3.40. The Kier molecular flexibility index (Phi) is 8.11. The molecule has 0 aliphatic carbocycles. The largest absolute Gasteiger partial charge is 0.489 e. The number of likely N-dealkylation sites (N-methyl/N-ethyl adjacent to an activating group) is 1. The van der Waals surface area contributed by atoms with Gasteiger partial charge < -0.3 is 9.84 Å². The Labute approximate surface area is 187 Å². The first-order chi connectivity index (χ1) is 15.5. The van der Waals surface area contributed by atoms with E-state index in [9.17, 15) is 19.1 Å². The summed E-state index contributed by atoms with van der Waals surface area (Å²) >= 11 is 0. The number of carbonyl (C=O) groups is 2. The zero-order valence-electron chi connectivity index (χ0n) is 18.0. The Hall–Kier alpha value is -3.51. The molecular formula is C26H26FNO4. The zero-order chi connectivity index (χ0) is 22.9. The number of hydrogen-bond donors (Lipinski definition) is 1. The van der Waals surface area contributed by atoms with Crippen LogP contribution in [0.1, 0.15) is 34.0 Å². The summed E-state index contributed by atoms with van der Waals surface area (Å²) in [5, 5.41) is 9.25. The number of ether oxygens (including phenoxy) is 1. The quantitative estimate of drug-likeness (QED) is 0.471. The van der Waals surface area contributed by atoms with E-state index < -0.39 is 5.97 Å². The molecule has 0 saturated heterocycles. The normalized spacial score (nSPS) is 10.8. The first-order valence-electron chi connectivity index (χ1n) is 10.5. The molecule has 0 atom stereocenters. The van der Waals surface area contributed by atoms with Crippen LogP contribution in [0, 0.1) is 5.82 Å². The van der Waals surface area contributed by atoms with Gasteiger partial charge in [0.25, 0.3) is 0 Å². The lowest BCUT2D eigenvalue weighted by molar-refractivity contribution is -0.119. The lowest BCUT2D eigenvalue weighted by Crippen LogP contribution is -2.30. The number of nitrogens with zero attached hydrogens (tertiary/aromatic N) is 1. The second kappa shape index (κ2) is 11.2. The van der Waals surface area contributed by atoms with E-state index in [-0.39, 0.29) is 36.7 Å². The molecule has 0 saturated carbocycles. The van der Waals surface area contributed by atoms with Gasteiger partial charge in [-0.25, -0.2) is 9.18 Å². The van der Waals surface area contributed by atoms with Crippen LogP contribution in [0.2, 0.25) is 0 Å². The Morgan fingerprint density at radius 3 is 2.25 bits per heavy atom. The highest BCUT2D eigenvalue weighted by molar-refractivity contribution is 5.89. The summed E-state index contributed by atoms with van der Waals surface area (Å²) in [4.78, 5) is 25.7. The maximum absolute atomic E-state index is 13.9. The second-order valence-corrected chi connectivity index (χ2v) is 7.51. The molecule has 32 heavy (non-hydrogen) atoms. The van der Waals surface area contributed by atoms with Crippen LogP contribution in [0.4, 0.5) is 4.39 Å². The van der Waals surface area contributed by atoms with E-state index in [1.165, 1.54) is 6.07 Å². The zero-order valence-corrected chi connectivity index (χ0v) is 18.0. The van der Waals surface area contributed by atoms with Crippen LogP contribution in [0.5, 0.6) is 5.75 Å². The third-order valence-corrected chi connectivity index (χ3v) is 5.17. The predicted octanol–water partition coefficient (Wildman–Crippen LogP) is 4.74. The number of carboxylic acid groups (broad SMARTS) is 1. The summed E-state index contributed by atoms with van der Waals surface area (Å²) in [6.45, 7) is 3.37. The van der Waals surface area contributed by atoms with E-state index in [0.717, 1.165) is 5.56 Å². The minimum absolute atomic E-state index is 0.0484. The van der Waals surface area contributed by atoms with Gasteiger partial charge in [0.2, 0.25) is 0 Å². The smallest absolute Gasteiger partial charge is 0.336 e. The molecule has 0 aromatic heterocycles. The highest BCUT2D eigenvalue weighted by Crippen LogP contribution is 2.17. The molecule has 0 bridgehead atoms. The monoisotopic (exact) mass is 435 g/mol. The summed E-state index contributed by atoms with van der Waals surface area (Å²) in [5.41, 5.74) is 2.24. The number of carbonyl (C=O) groups excluding carboxylic acids is 1. The van der Waals surface area contributed by atoms with Crippen molar-refractivity contribution in [3.8, 4) is 5.75 Å². The molecule has 0 unspecified atom stereocenters. The minimum atomic E-state index is -0.991. The van der Waals surface area contributed by atoms with Crippen LogP contribution in [0.15, 0.2) is 72.8 Å². The van der Waals surface area contributed by atoms with Gasteiger partial charge in [-0.2, -0.15) is 0 Å². The van der Waals surface area contributed by atoms with Gasteiger partial charge in [-0.05, 0) is 36.4 Å². The van der Waals surface area contributed by atoms with E-state index in [1.807, 2.05) is 24.0 Å². The maximum atomic E-state index is 13.9. The van der Waals surface area contributed by atoms with Gasteiger partial charge in [-0.1, -0.05) is 55.5 Å². The minimum Gasteiger partial charge on any atom is -0.489 e. The molecule has 0 spiro atoms. The van der Waals surface area contributed by atoms with Crippen molar-refractivity contribution in [3.05, 3.63) is 101 Å². The van der Waals surface area contributed by atoms with Crippen molar-refractivity contribution >= 4 is 11.8 Å². The van der Waals surface area contributed by atoms with Crippen LogP contribution in [-0.4, -0.2) is 34.8 Å². The van der Waals surface area contributed by atoms with Crippen molar-refractivity contribution in [3.63, 3.8) is 0 Å². The number of aromatic carboxylic acids is 1. The fraction of sp³-hybridized carbons (Fsp3) is 0.231. The number of benzene rings is 3. The van der Waals surface area contributed by atoms with Crippen molar-refractivity contribution in [1.29, 1.82) is 0 Å². The van der Waals surface area contributed by atoms with Crippen molar-refractivity contribution in [2.45, 2.75) is 26.5 Å². The summed E-state index contributed by atoms with van der Waals surface area (Å²) in [6.07, 6.45) is 0.274. The molecule has 5 nitrogen and oxygen atoms in total. The molecule has 1 N–H and O–H groups in total. The number of Topliss-reactive ketones (excluding diaryl/α,β-unsaturated/α-hetero) is 1. The standard InChI is InChI=1S/C26H26FNO4/c1-2-28(16-20-7-4-6-10-25(20)27)17-22(29)15-19-11-13-23(14-12-19)32-18-21-8-3-5-9-24(21)26(30)31/h3-14H,2,15-18H2,1H3,(H,30,31). The highest BCUT2D eigenvalue weighted by Gasteiger charge is 2.13. The first-order valence-corrected chi connectivity index (χ1v) is 10.5. The van der Waals surface area contributed by atoms with E-state index >= 15 is 0 Å². The summed E-state index contributed by atoms with van der Waals surface area (Å²) < 4.78 is 19.6. The Bertz CT molecular complexity index is 1070. The SMILES string of the molecule is CCN(CC(=O)Cc1ccc(OCc2ccccc2C(=O)O)cc1)Cc1ccccc1F. The van der Waals surface area contributed by atoms with Gasteiger partial charge in [0.1, 0.15) is 18.2 Å². The van der Waals surface area contributed by atoms with Crippen molar-refractivity contribution in [1.82, 2.24) is 4.90 Å². The highest BCUT2D eigenvalue weighted by atomic mass is 19.1. The lowest BCUT2D eigenvalue weighted by atomic mass is 10.1. The Balaban J connectivity index is 1.53. The van der Waals surface area contributed by atoms with Gasteiger partial charge >= 0.3 is 5.97 Å². The number of hydrogen-bond acceptors (Lipinski definition) is 4. The molecule has 0 fully saturated rings. The average Bonchev–Trinajstić information content (AvgIpc) is 2.79. The molecule has 3 rings (SSSR count). The lowest BCUT2D eigenvalue weighted by Gasteiger charge is -2.20. The fourth-order valence-corrected chi connectivity index (χ4v) is 3.40. The topological polar surface area (TPSA) is 66.8 Å². The van der Waals surface area contributed by atoms with Crippen LogP contribution in [-0.2, 0) is 24.4 Å². The molecule has 3 aromatic rings. The van der Waals surface area contributed by atoms with E-state index in [0.29, 0.717) is 30.0 Å².